The van der Waals surface area contributed by atoms with E-state index in [1.54, 1.807) is 61.4 Å². The fourth-order valence-corrected chi connectivity index (χ4v) is 4.55. The Morgan fingerprint density at radius 3 is 2.57 bits per heavy atom. The molecule has 9 heteroatoms. The first-order valence-corrected chi connectivity index (χ1v) is 11.9. The van der Waals surface area contributed by atoms with Crippen LogP contribution in [0, 0.1) is 6.92 Å². The number of carbonyl (C=O) groups excluding carboxylic acids is 2. The van der Waals surface area contributed by atoms with E-state index in [2.05, 4.69) is 10.4 Å². The molecule has 2 amide bonds. The van der Waals surface area contributed by atoms with Gasteiger partial charge in [-0.1, -0.05) is 29.8 Å². The summed E-state index contributed by atoms with van der Waals surface area (Å²) < 4.78 is 18.0. The third-order valence-corrected chi connectivity index (χ3v) is 6.62. The third-order valence-electron chi connectivity index (χ3n) is 6.62. The highest BCUT2D eigenvalue weighted by molar-refractivity contribution is 6.12. The lowest BCUT2D eigenvalue weighted by molar-refractivity contribution is -0.126. The summed E-state index contributed by atoms with van der Waals surface area (Å²) in [4.78, 5) is 29.3. The number of nitrogens with one attached hydrogen (secondary N) is 1. The maximum atomic E-state index is 14.0. The second-order valence-corrected chi connectivity index (χ2v) is 9.17. The summed E-state index contributed by atoms with van der Waals surface area (Å²) in [5.41, 5.74) is 2.08. The minimum absolute atomic E-state index is 0.129. The molecule has 9 nitrogen and oxygen atoms in total. The Bertz CT molecular complexity index is 1440. The van der Waals surface area contributed by atoms with Crippen molar-refractivity contribution in [2.75, 3.05) is 19.1 Å². The van der Waals surface area contributed by atoms with Crippen molar-refractivity contribution in [1.29, 1.82) is 0 Å². The fraction of sp³-hybridized carbons (Fsp3) is 0.250. The number of methoxy groups -OCH3 is 2. The molecular weight excluding hydrogens is 472 g/mol. The highest BCUT2D eigenvalue weighted by Crippen LogP contribution is 2.40. The van der Waals surface area contributed by atoms with Crippen LogP contribution in [0.5, 0.6) is 11.5 Å². The van der Waals surface area contributed by atoms with E-state index in [1.165, 1.54) is 12.0 Å². The highest BCUT2D eigenvalue weighted by atomic mass is 16.5. The molecule has 0 fully saturated rings. The van der Waals surface area contributed by atoms with Gasteiger partial charge in [-0.25, -0.2) is 0 Å². The summed E-state index contributed by atoms with van der Waals surface area (Å²) in [5.74, 6) is 0.812. The van der Waals surface area contributed by atoms with Crippen molar-refractivity contribution in [3.05, 3.63) is 83.7 Å². The first-order chi connectivity index (χ1) is 17.8. The number of nitrogens with zero attached hydrogens (tertiary/aromatic N) is 3. The zero-order valence-electron chi connectivity index (χ0n) is 21.1. The molecule has 2 aromatic carbocycles. The lowest BCUT2D eigenvalue weighted by Gasteiger charge is -2.43. The van der Waals surface area contributed by atoms with E-state index in [0.717, 1.165) is 11.1 Å². The van der Waals surface area contributed by atoms with Crippen molar-refractivity contribution in [2.45, 2.75) is 32.5 Å². The predicted molar refractivity (Wildman–Crippen MR) is 138 cm³/mol. The monoisotopic (exact) mass is 500 g/mol. The van der Waals surface area contributed by atoms with Gasteiger partial charge in [-0.15, -0.1) is 0 Å². The van der Waals surface area contributed by atoms with E-state index in [1.807, 2.05) is 31.2 Å². The van der Waals surface area contributed by atoms with Gasteiger partial charge in [0.25, 0.3) is 5.91 Å². The van der Waals surface area contributed by atoms with Crippen molar-refractivity contribution in [1.82, 2.24) is 15.1 Å². The number of carbonyl (C=O) groups is 2. The molecule has 1 atom stereocenters. The zero-order chi connectivity index (χ0) is 26.2. The summed E-state index contributed by atoms with van der Waals surface area (Å²) in [5, 5.41) is 7.61. The maximum absolute atomic E-state index is 14.0. The van der Waals surface area contributed by atoms with Crippen molar-refractivity contribution >= 4 is 17.5 Å². The minimum atomic E-state index is -1.32. The molecule has 0 spiro atoms. The Hall–Kier alpha value is -4.53. The van der Waals surface area contributed by atoms with Crippen molar-refractivity contribution in [3.63, 3.8) is 0 Å². The van der Waals surface area contributed by atoms with E-state index in [9.17, 15) is 9.59 Å². The lowest BCUT2D eigenvalue weighted by atomic mass is 9.93. The second-order valence-electron chi connectivity index (χ2n) is 9.17. The Morgan fingerprint density at radius 1 is 1.11 bits per heavy atom. The largest absolute Gasteiger partial charge is 0.497 e. The molecule has 0 aliphatic carbocycles. The summed E-state index contributed by atoms with van der Waals surface area (Å²) in [7, 11) is 3.07. The SMILES string of the molecule is COc1ccc(N2C(=O)c3cc(-c4ccco4)nn3CC2(C)C(=O)NCc2ccc(C)cc2)c(OC)c1. The quantitative estimate of drug-likeness (QED) is 0.408. The molecule has 1 aliphatic heterocycles. The summed E-state index contributed by atoms with van der Waals surface area (Å²) in [6.45, 7) is 4.19. The Balaban J connectivity index is 1.57. The van der Waals surface area contributed by atoms with E-state index in [4.69, 9.17) is 13.9 Å². The first-order valence-electron chi connectivity index (χ1n) is 11.9. The number of benzene rings is 2. The number of amides is 2. The minimum Gasteiger partial charge on any atom is -0.497 e. The maximum Gasteiger partial charge on any atom is 0.277 e. The predicted octanol–water partition coefficient (Wildman–Crippen LogP) is 4.20. The van der Waals surface area contributed by atoms with Crippen LogP contribution >= 0.6 is 0 Å². The third kappa shape index (κ3) is 4.33. The van der Waals surface area contributed by atoms with Gasteiger partial charge in [0.1, 0.15) is 28.4 Å². The van der Waals surface area contributed by atoms with Crippen molar-refractivity contribution in [2.24, 2.45) is 0 Å². The molecule has 1 unspecified atom stereocenters. The van der Waals surface area contributed by atoms with Crippen LogP contribution in [-0.2, 0) is 17.9 Å². The van der Waals surface area contributed by atoms with E-state index < -0.39 is 5.54 Å². The van der Waals surface area contributed by atoms with Crippen LogP contribution in [0.2, 0.25) is 0 Å². The molecule has 1 N–H and O–H groups in total. The lowest BCUT2D eigenvalue weighted by Crippen LogP contribution is -2.64. The molecule has 0 bridgehead atoms. The number of hydrogen-bond acceptors (Lipinski definition) is 6. The molecule has 37 heavy (non-hydrogen) atoms. The Kier molecular flexibility index (Phi) is 6.20. The van der Waals surface area contributed by atoms with Crippen molar-refractivity contribution in [3.8, 4) is 23.0 Å². The van der Waals surface area contributed by atoms with Gasteiger partial charge in [0.05, 0.1) is 32.7 Å². The van der Waals surface area contributed by atoms with Crippen molar-refractivity contribution < 1.29 is 23.5 Å². The number of ether oxygens (including phenoxy) is 2. The molecular formula is C28H28N4O5. The molecule has 2 aromatic heterocycles. The molecule has 0 saturated carbocycles. The van der Waals surface area contributed by atoms with Crippen LogP contribution in [0.3, 0.4) is 0 Å². The smallest absolute Gasteiger partial charge is 0.277 e. The average Bonchev–Trinajstić information content (AvgIpc) is 3.58. The number of aryl methyl sites for hydroxylation is 1. The standard InChI is InChI=1S/C28H28N4O5/c1-18-7-9-19(10-8-18)16-29-27(34)28(2)17-31-23(15-21(30-31)24-6-5-13-37-24)26(33)32(28)22-12-11-20(35-3)14-25(22)36-4/h5-15H,16-17H2,1-4H3,(H,29,34). The topological polar surface area (TPSA) is 98.8 Å². The molecule has 0 radical (unpaired) electrons. The average molecular weight is 501 g/mol. The van der Waals surface area contributed by atoms with Gasteiger partial charge in [0.15, 0.2) is 5.76 Å². The van der Waals surface area contributed by atoms with Crippen LogP contribution in [0.15, 0.2) is 71.3 Å². The fourth-order valence-electron chi connectivity index (χ4n) is 4.55. The Morgan fingerprint density at radius 2 is 1.89 bits per heavy atom. The number of anilines is 1. The van der Waals surface area contributed by atoms with Crippen LogP contribution in [0.4, 0.5) is 5.69 Å². The molecule has 190 valence electrons. The van der Waals surface area contributed by atoms with Gasteiger partial charge in [-0.05, 0) is 43.7 Å². The van der Waals surface area contributed by atoms with E-state index >= 15 is 0 Å². The van der Waals surface area contributed by atoms with Gasteiger partial charge in [0, 0.05) is 18.7 Å². The van der Waals surface area contributed by atoms with Crippen LogP contribution in [-0.4, -0.2) is 41.4 Å². The van der Waals surface area contributed by atoms with Crippen LogP contribution in [0.1, 0.15) is 28.5 Å². The zero-order valence-corrected chi connectivity index (χ0v) is 21.1. The summed E-state index contributed by atoms with van der Waals surface area (Å²) >= 11 is 0. The van der Waals surface area contributed by atoms with E-state index in [-0.39, 0.29) is 18.4 Å². The number of aromatic nitrogens is 2. The molecule has 4 aromatic rings. The summed E-state index contributed by atoms with van der Waals surface area (Å²) in [6.07, 6.45) is 1.55. The second kappa shape index (κ2) is 9.50. The molecule has 1 aliphatic rings. The first kappa shape index (κ1) is 24.2. The molecule has 3 heterocycles. The number of furan rings is 1. The van der Waals surface area contributed by atoms with Gasteiger partial charge in [0.2, 0.25) is 5.91 Å². The van der Waals surface area contributed by atoms with Gasteiger partial charge in [-0.3, -0.25) is 19.2 Å². The van der Waals surface area contributed by atoms with Crippen LogP contribution in [0.25, 0.3) is 11.5 Å². The number of hydrogen-bond donors (Lipinski definition) is 1. The highest BCUT2D eigenvalue weighted by Gasteiger charge is 2.49. The van der Waals surface area contributed by atoms with Gasteiger partial charge >= 0.3 is 0 Å². The molecule has 5 rings (SSSR count). The number of rotatable bonds is 7. The van der Waals surface area contributed by atoms with Gasteiger partial charge in [-0.2, -0.15) is 5.10 Å². The van der Waals surface area contributed by atoms with E-state index in [0.29, 0.717) is 40.9 Å². The number of fused-ring (bicyclic) bond motifs is 1. The molecule has 0 saturated heterocycles. The van der Waals surface area contributed by atoms with Crippen LogP contribution < -0.4 is 19.7 Å². The summed E-state index contributed by atoms with van der Waals surface area (Å²) in [6, 6.07) is 18.3. The normalized spacial score (nSPS) is 16.9. The Labute approximate surface area is 214 Å². The van der Waals surface area contributed by atoms with Gasteiger partial charge < -0.3 is 19.2 Å².